The van der Waals surface area contributed by atoms with E-state index in [4.69, 9.17) is 4.98 Å². The summed E-state index contributed by atoms with van der Waals surface area (Å²) in [6.07, 6.45) is 10.4. The Morgan fingerprint density at radius 1 is 0.851 bits per heavy atom. The first kappa shape index (κ1) is 45.4. The highest BCUT2D eigenvalue weighted by molar-refractivity contribution is 7.89. The van der Waals surface area contributed by atoms with Crippen molar-refractivity contribution in [2.75, 3.05) is 49.5 Å². The molecule has 7 aliphatic rings. The van der Waals surface area contributed by atoms with Crippen LogP contribution in [0.5, 0.6) is 0 Å². The predicted octanol–water partition coefficient (Wildman–Crippen LogP) is 3.48. The Bertz CT molecular complexity index is 2700. The number of hydrogen-bond donors (Lipinski definition) is 3. The smallest absolute Gasteiger partial charge is 0.262 e. The monoisotopic (exact) mass is 943 g/mol. The summed E-state index contributed by atoms with van der Waals surface area (Å²) >= 11 is 0. The van der Waals surface area contributed by atoms with E-state index >= 15 is 4.39 Å². The minimum atomic E-state index is -3.59. The number of anilines is 2. The molecule has 7 heterocycles. The normalized spacial score (nSPS) is 27.0. The quantitative estimate of drug-likeness (QED) is 0.276. The fourth-order valence-corrected chi connectivity index (χ4v) is 14.1. The first-order valence-electron chi connectivity index (χ1n) is 24.0. The standard InChI is InChI=1S/C47H58FN9O9S/c1-46(64)14-2-3-37(46)57-39(59)7-4-29-27-49-45(52-40(29)57)50-30-10-21-55(22-11-30)67(65,66)31-12-19-54(20-13-31)42(61)28-8-15-47(16-9-28)17-23-53(24-18-47)36-26-33-32(25-34(36)48)43(62)56(44(33)63)35-5-6-38(58)51-41(35)60/h4,7,25-28,30-31,35,37,64H,2-3,5-6,8-24H2,1H3,(H,49,50,52)(H,51,58,60)/t35?,37?,46-/m1/s1. The van der Waals surface area contributed by atoms with Crippen molar-refractivity contribution < 1.29 is 41.9 Å². The van der Waals surface area contributed by atoms with E-state index in [9.17, 15) is 42.3 Å². The summed E-state index contributed by atoms with van der Waals surface area (Å²) in [5.74, 6) is -2.93. The summed E-state index contributed by atoms with van der Waals surface area (Å²) in [5.41, 5.74) is -0.599. The molecule has 2 aromatic heterocycles. The number of piperidine rings is 4. The molecule has 2 unspecified atom stereocenters. The molecule has 6 fully saturated rings. The van der Waals surface area contributed by atoms with Crippen LogP contribution in [0.3, 0.4) is 0 Å². The van der Waals surface area contributed by atoms with Crippen molar-refractivity contribution in [3.8, 4) is 0 Å². The van der Waals surface area contributed by atoms with E-state index < -0.39 is 62.4 Å². The third-order valence-electron chi connectivity index (χ3n) is 16.2. The molecule has 5 amide bonds. The van der Waals surface area contributed by atoms with Gasteiger partial charge in [-0.2, -0.15) is 4.98 Å². The Morgan fingerprint density at radius 3 is 2.19 bits per heavy atom. The lowest BCUT2D eigenvalue weighted by atomic mass is 9.65. The highest BCUT2D eigenvalue weighted by atomic mass is 32.2. The SMILES string of the molecule is C[C@@]1(O)CCCC1n1c(=O)ccc2cnc(NC3CCN(S(=O)(=O)C4CCN(C(=O)C5CCC6(CC5)CCN(c5cc7c(cc5F)C(=O)N(C5CCC(=O)NC5=O)C7=O)CC6)CC4)CC3)nc21. The maximum atomic E-state index is 15.6. The lowest BCUT2D eigenvalue weighted by Gasteiger charge is -2.47. The van der Waals surface area contributed by atoms with Gasteiger partial charge in [-0.1, -0.05) is 0 Å². The lowest BCUT2D eigenvalue weighted by Crippen LogP contribution is -2.54. The number of aliphatic hydroxyl groups is 1. The van der Waals surface area contributed by atoms with Crippen LogP contribution in [-0.2, 0) is 24.4 Å². The number of halogens is 1. The summed E-state index contributed by atoms with van der Waals surface area (Å²) in [4.78, 5) is 91.4. The Labute approximate surface area is 387 Å². The molecule has 3 N–H and O–H groups in total. The van der Waals surface area contributed by atoms with E-state index in [1.165, 1.54) is 12.1 Å². The van der Waals surface area contributed by atoms with E-state index in [1.807, 2.05) is 9.80 Å². The van der Waals surface area contributed by atoms with E-state index in [1.54, 1.807) is 28.1 Å². The molecular formula is C47H58FN9O9S. The minimum Gasteiger partial charge on any atom is -0.388 e. The van der Waals surface area contributed by atoms with Gasteiger partial charge in [0.15, 0.2) is 0 Å². The van der Waals surface area contributed by atoms with E-state index in [0.717, 1.165) is 55.9 Å². The zero-order valence-corrected chi connectivity index (χ0v) is 38.6. The molecule has 4 saturated heterocycles. The van der Waals surface area contributed by atoms with Crippen LogP contribution in [0.4, 0.5) is 16.0 Å². The number of likely N-dealkylation sites (tertiary alicyclic amines) is 1. The highest BCUT2D eigenvalue weighted by Gasteiger charge is 2.47. The molecule has 3 aromatic rings. The van der Waals surface area contributed by atoms with E-state index in [2.05, 4.69) is 15.6 Å². The van der Waals surface area contributed by atoms with Gasteiger partial charge in [-0.3, -0.25) is 43.6 Å². The molecule has 18 nitrogen and oxygen atoms in total. The van der Waals surface area contributed by atoms with Crippen molar-refractivity contribution in [3.63, 3.8) is 0 Å². The van der Waals surface area contributed by atoms with Crippen LogP contribution in [0.2, 0.25) is 0 Å². The van der Waals surface area contributed by atoms with Gasteiger partial charge in [-0.25, -0.2) is 22.1 Å². The Balaban J connectivity index is 0.685. The number of fused-ring (bicyclic) bond motifs is 2. The van der Waals surface area contributed by atoms with Crippen molar-refractivity contribution in [2.45, 2.75) is 132 Å². The number of benzene rings is 1. The average molecular weight is 944 g/mol. The largest absolute Gasteiger partial charge is 0.388 e. The molecule has 5 aliphatic heterocycles. The fourth-order valence-electron chi connectivity index (χ4n) is 12.1. The lowest BCUT2D eigenvalue weighted by molar-refractivity contribution is -0.138. The maximum absolute atomic E-state index is 15.6. The van der Waals surface area contributed by atoms with Gasteiger partial charge in [-0.05, 0) is 120 Å². The van der Waals surface area contributed by atoms with Crippen molar-refractivity contribution in [1.29, 1.82) is 0 Å². The number of hydrogen-bond acceptors (Lipinski definition) is 13. The average Bonchev–Trinajstić information content (AvgIpc) is 3.78. The van der Waals surface area contributed by atoms with Crippen LogP contribution in [0.15, 0.2) is 35.3 Å². The second-order valence-corrected chi connectivity index (χ2v) is 22.4. The Morgan fingerprint density at radius 2 is 1.54 bits per heavy atom. The van der Waals surface area contributed by atoms with E-state index in [0.29, 0.717) is 94.8 Å². The van der Waals surface area contributed by atoms with Crippen LogP contribution in [0, 0.1) is 17.2 Å². The molecular weight excluding hydrogens is 886 g/mol. The molecule has 1 aromatic carbocycles. The number of nitrogens with one attached hydrogen (secondary N) is 2. The van der Waals surface area contributed by atoms with Gasteiger partial charge in [0, 0.05) is 75.3 Å². The number of aromatic nitrogens is 3. The van der Waals surface area contributed by atoms with Crippen LogP contribution >= 0.6 is 0 Å². The molecule has 2 saturated carbocycles. The number of rotatable bonds is 8. The maximum Gasteiger partial charge on any atom is 0.262 e. The van der Waals surface area contributed by atoms with Gasteiger partial charge in [0.05, 0.1) is 33.7 Å². The van der Waals surface area contributed by atoms with Crippen LogP contribution < -0.4 is 21.1 Å². The third kappa shape index (κ3) is 8.29. The van der Waals surface area contributed by atoms with Crippen LogP contribution in [0.1, 0.15) is 130 Å². The van der Waals surface area contributed by atoms with Crippen LogP contribution in [0.25, 0.3) is 11.0 Å². The topological polar surface area (TPSA) is 225 Å². The Hall–Kier alpha value is -5.34. The molecule has 1 spiro atoms. The van der Waals surface area contributed by atoms with Crippen LogP contribution in [-0.4, -0.2) is 134 Å². The molecule has 2 aliphatic carbocycles. The molecule has 67 heavy (non-hydrogen) atoms. The van der Waals surface area contributed by atoms with Gasteiger partial charge in [0.2, 0.25) is 33.7 Å². The number of amides is 5. The first-order chi connectivity index (χ1) is 32.0. The number of carbonyl (C=O) groups excluding carboxylic acids is 5. The summed E-state index contributed by atoms with van der Waals surface area (Å²) in [6.45, 7) is 4.31. The molecule has 0 radical (unpaired) electrons. The number of nitrogens with zero attached hydrogens (tertiary/aromatic N) is 7. The summed E-state index contributed by atoms with van der Waals surface area (Å²) < 4.78 is 46.6. The zero-order chi connectivity index (χ0) is 47.0. The zero-order valence-electron chi connectivity index (χ0n) is 37.8. The molecule has 358 valence electrons. The summed E-state index contributed by atoms with van der Waals surface area (Å²) in [5, 5.41) is 16.7. The number of pyridine rings is 1. The molecule has 3 atom stereocenters. The van der Waals surface area contributed by atoms with Crippen molar-refractivity contribution in [1.82, 2.24) is 34.0 Å². The summed E-state index contributed by atoms with van der Waals surface area (Å²) in [7, 11) is -3.59. The van der Waals surface area contributed by atoms with E-state index in [-0.39, 0.29) is 58.5 Å². The Kier molecular flexibility index (Phi) is 11.7. The second kappa shape index (κ2) is 17.3. The molecule has 10 rings (SSSR count). The predicted molar refractivity (Wildman–Crippen MR) is 243 cm³/mol. The van der Waals surface area contributed by atoms with Crippen molar-refractivity contribution in [3.05, 3.63) is 57.8 Å². The van der Waals surface area contributed by atoms with Crippen molar-refractivity contribution in [2.24, 2.45) is 11.3 Å². The molecule has 0 bridgehead atoms. The first-order valence-corrected chi connectivity index (χ1v) is 25.5. The number of sulfonamides is 1. The van der Waals surface area contributed by atoms with Gasteiger partial charge >= 0.3 is 0 Å². The third-order valence-corrected chi connectivity index (χ3v) is 18.6. The summed E-state index contributed by atoms with van der Waals surface area (Å²) in [6, 6.07) is 4.07. The number of imide groups is 2. The van der Waals surface area contributed by atoms with Gasteiger partial charge in [0.1, 0.15) is 17.5 Å². The molecule has 20 heteroatoms. The second-order valence-electron chi connectivity index (χ2n) is 20.2. The van der Waals surface area contributed by atoms with Gasteiger partial charge in [0.25, 0.3) is 17.4 Å². The van der Waals surface area contributed by atoms with Gasteiger partial charge < -0.3 is 20.2 Å². The van der Waals surface area contributed by atoms with Crippen molar-refractivity contribution >= 4 is 62.2 Å². The minimum absolute atomic E-state index is 0.00378. The number of carbonyl (C=O) groups is 5. The van der Waals surface area contributed by atoms with Gasteiger partial charge in [-0.15, -0.1) is 0 Å². The highest BCUT2D eigenvalue weighted by Crippen LogP contribution is 2.48. The fraction of sp³-hybridized carbons (Fsp3) is 0.617.